The molecule has 0 heterocycles. The summed E-state index contributed by atoms with van der Waals surface area (Å²) in [5.74, 6) is -0.912. The molecule has 0 bridgehead atoms. The lowest BCUT2D eigenvalue weighted by Gasteiger charge is -2.15. The van der Waals surface area contributed by atoms with E-state index in [0.29, 0.717) is 5.75 Å². The summed E-state index contributed by atoms with van der Waals surface area (Å²) in [6.07, 6.45) is -0.447. The summed E-state index contributed by atoms with van der Waals surface area (Å²) in [6.45, 7) is -0.273. The second kappa shape index (κ2) is 6.07. The van der Waals surface area contributed by atoms with Gasteiger partial charge in [-0.05, 0) is 30.7 Å². The fourth-order valence-corrected chi connectivity index (χ4v) is 1.18. The number of benzene rings is 1. The first-order chi connectivity index (χ1) is 7.61. The highest BCUT2D eigenvalue weighted by atomic mass is 19.1. The number of hydrogen-bond donors (Lipinski definition) is 2. The molecule has 0 saturated heterocycles. The van der Waals surface area contributed by atoms with Crippen molar-refractivity contribution in [3.8, 4) is 5.75 Å². The van der Waals surface area contributed by atoms with Gasteiger partial charge in [-0.2, -0.15) is 0 Å². The van der Waals surface area contributed by atoms with E-state index < -0.39 is 12.1 Å². The summed E-state index contributed by atoms with van der Waals surface area (Å²) in [6, 6.07) is 5.33. The molecule has 16 heavy (non-hydrogen) atoms. The van der Waals surface area contributed by atoms with Crippen molar-refractivity contribution in [1.82, 2.24) is 0 Å². The molecule has 0 aliphatic carbocycles. The molecule has 4 nitrogen and oxygen atoms in total. The Kier molecular flexibility index (Phi) is 4.72. The number of rotatable bonds is 6. The Hall–Kier alpha value is -1.62. The molecule has 1 atom stereocenters. The van der Waals surface area contributed by atoms with Crippen molar-refractivity contribution in [3.63, 3.8) is 0 Å². The third-order valence-corrected chi connectivity index (χ3v) is 2.00. The average molecular weight is 228 g/mol. The van der Waals surface area contributed by atoms with E-state index in [-0.39, 0.29) is 25.3 Å². The summed E-state index contributed by atoms with van der Waals surface area (Å²) in [5.41, 5.74) is 0. The maximum atomic E-state index is 12.6. The van der Waals surface area contributed by atoms with E-state index in [2.05, 4.69) is 0 Å². The lowest BCUT2D eigenvalue weighted by Crippen LogP contribution is -2.22. The van der Waals surface area contributed by atoms with Crippen LogP contribution in [-0.2, 0) is 4.79 Å². The lowest BCUT2D eigenvalue weighted by atomic mass is 10.2. The summed E-state index contributed by atoms with van der Waals surface area (Å²) >= 11 is 0. The van der Waals surface area contributed by atoms with Crippen LogP contribution in [0.2, 0.25) is 0 Å². The zero-order valence-corrected chi connectivity index (χ0v) is 8.60. The van der Waals surface area contributed by atoms with Crippen molar-refractivity contribution < 1.29 is 24.1 Å². The number of hydrogen-bond acceptors (Lipinski definition) is 3. The van der Waals surface area contributed by atoms with Crippen molar-refractivity contribution in [1.29, 1.82) is 0 Å². The molecule has 0 aliphatic heterocycles. The highest BCUT2D eigenvalue weighted by molar-refractivity contribution is 5.66. The first-order valence-corrected chi connectivity index (χ1v) is 4.86. The number of carboxylic acid groups (broad SMARTS) is 1. The standard InChI is InChI=1S/C11H13FO4/c12-8-1-3-9(4-2-8)16-10(7-13)5-6-11(14)15/h1-4,10,13H,5-7H2,(H,14,15). The SMILES string of the molecule is O=C(O)CCC(CO)Oc1ccc(F)cc1. The number of halogens is 1. The molecule has 88 valence electrons. The molecular formula is C11H13FO4. The molecule has 1 aromatic carbocycles. The predicted molar refractivity (Wildman–Crippen MR) is 54.8 cm³/mol. The van der Waals surface area contributed by atoms with Crippen LogP contribution >= 0.6 is 0 Å². The highest BCUT2D eigenvalue weighted by Crippen LogP contribution is 2.14. The van der Waals surface area contributed by atoms with Crippen LogP contribution in [0.5, 0.6) is 5.75 Å². The van der Waals surface area contributed by atoms with Crippen LogP contribution < -0.4 is 4.74 Å². The lowest BCUT2D eigenvalue weighted by molar-refractivity contribution is -0.137. The molecule has 0 saturated carbocycles. The van der Waals surface area contributed by atoms with Gasteiger partial charge >= 0.3 is 5.97 Å². The average Bonchev–Trinajstić information content (AvgIpc) is 2.26. The fourth-order valence-electron chi connectivity index (χ4n) is 1.18. The van der Waals surface area contributed by atoms with Gasteiger partial charge in [-0.15, -0.1) is 0 Å². The third kappa shape index (κ3) is 4.27. The number of aliphatic hydroxyl groups excluding tert-OH is 1. The van der Waals surface area contributed by atoms with Crippen LogP contribution in [0.4, 0.5) is 4.39 Å². The zero-order valence-electron chi connectivity index (χ0n) is 8.60. The van der Waals surface area contributed by atoms with E-state index in [1.807, 2.05) is 0 Å². The summed E-state index contributed by atoms with van der Waals surface area (Å²) in [5, 5.41) is 17.4. The van der Waals surface area contributed by atoms with Crippen molar-refractivity contribution in [3.05, 3.63) is 30.1 Å². The molecule has 0 radical (unpaired) electrons. The van der Waals surface area contributed by atoms with Crippen LogP contribution in [0.25, 0.3) is 0 Å². The van der Waals surface area contributed by atoms with Gasteiger partial charge in [-0.3, -0.25) is 4.79 Å². The fraction of sp³-hybridized carbons (Fsp3) is 0.364. The van der Waals surface area contributed by atoms with Gasteiger partial charge in [0.05, 0.1) is 6.61 Å². The number of carbonyl (C=O) groups is 1. The van der Waals surface area contributed by atoms with Crippen LogP contribution in [0.3, 0.4) is 0 Å². The Morgan fingerprint density at radius 3 is 2.50 bits per heavy atom. The second-order valence-electron chi connectivity index (χ2n) is 3.31. The largest absolute Gasteiger partial charge is 0.488 e. The molecule has 0 fully saturated rings. The minimum absolute atomic E-state index is 0.0770. The van der Waals surface area contributed by atoms with Crippen molar-refractivity contribution in [2.75, 3.05) is 6.61 Å². The third-order valence-electron chi connectivity index (χ3n) is 2.00. The molecule has 2 N–H and O–H groups in total. The maximum Gasteiger partial charge on any atom is 0.303 e. The molecule has 0 amide bonds. The zero-order chi connectivity index (χ0) is 12.0. The minimum Gasteiger partial charge on any atom is -0.488 e. The van der Waals surface area contributed by atoms with E-state index in [1.54, 1.807) is 0 Å². The molecule has 0 spiro atoms. The first-order valence-electron chi connectivity index (χ1n) is 4.86. The summed E-state index contributed by atoms with van der Waals surface area (Å²) < 4.78 is 17.9. The second-order valence-corrected chi connectivity index (χ2v) is 3.31. The molecular weight excluding hydrogens is 215 g/mol. The smallest absolute Gasteiger partial charge is 0.303 e. The topological polar surface area (TPSA) is 66.8 Å². The van der Waals surface area contributed by atoms with Crippen LogP contribution in [0.1, 0.15) is 12.8 Å². The van der Waals surface area contributed by atoms with E-state index in [0.717, 1.165) is 0 Å². The van der Waals surface area contributed by atoms with E-state index in [1.165, 1.54) is 24.3 Å². The Morgan fingerprint density at radius 2 is 2.00 bits per heavy atom. The molecule has 1 unspecified atom stereocenters. The van der Waals surface area contributed by atoms with Gasteiger partial charge in [0, 0.05) is 6.42 Å². The van der Waals surface area contributed by atoms with Crippen molar-refractivity contribution in [2.45, 2.75) is 18.9 Å². The monoisotopic (exact) mass is 228 g/mol. The Morgan fingerprint density at radius 1 is 1.38 bits per heavy atom. The van der Waals surface area contributed by atoms with E-state index in [9.17, 15) is 9.18 Å². The Balaban J connectivity index is 2.49. The van der Waals surface area contributed by atoms with Gasteiger partial charge in [0.15, 0.2) is 0 Å². The molecule has 0 aromatic heterocycles. The molecule has 1 aromatic rings. The van der Waals surface area contributed by atoms with E-state index >= 15 is 0 Å². The Bertz CT molecular complexity index is 336. The number of ether oxygens (including phenoxy) is 1. The van der Waals surface area contributed by atoms with Gasteiger partial charge in [0.1, 0.15) is 17.7 Å². The number of carboxylic acids is 1. The van der Waals surface area contributed by atoms with Crippen molar-refractivity contribution in [2.24, 2.45) is 0 Å². The minimum atomic E-state index is -0.943. The normalized spacial score (nSPS) is 12.1. The van der Waals surface area contributed by atoms with Crippen LogP contribution in [-0.4, -0.2) is 28.9 Å². The molecule has 1 rings (SSSR count). The molecule has 0 aliphatic rings. The van der Waals surface area contributed by atoms with Gasteiger partial charge < -0.3 is 14.9 Å². The Labute approximate surface area is 92.3 Å². The highest BCUT2D eigenvalue weighted by Gasteiger charge is 2.11. The van der Waals surface area contributed by atoms with Crippen LogP contribution in [0, 0.1) is 5.82 Å². The summed E-state index contributed by atoms with van der Waals surface area (Å²) in [4.78, 5) is 10.3. The molecule has 5 heteroatoms. The van der Waals surface area contributed by atoms with Gasteiger partial charge in [-0.25, -0.2) is 4.39 Å². The van der Waals surface area contributed by atoms with Gasteiger partial charge in [0.2, 0.25) is 0 Å². The summed E-state index contributed by atoms with van der Waals surface area (Å²) in [7, 11) is 0. The van der Waals surface area contributed by atoms with Crippen LogP contribution in [0.15, 0.2) is 24.3 Å². The van der Waals surface area contributed by atoms with Gasteiger partial charge in [0.25, 0.3) is 0 Å². The predicted octanol–water partition coefficient (Wildman–Crippen LogP) is 1.43. The quantitative estimate of drug-likeness (QED) is 0.773. The van der Waals surface area contributed by atoms with E-state index in [4.69, 9.17) is 14.9 Å². The van der Waals surface area contributed by atoms with Gasteiger partial charge in [-0.1, -0.05) is 0 Å². The maximum absolute atomic E-state index is 12.6. The van der Waals surface area contributed by atoms with Crippen molar-refractivity contribution >= 4 is 5.97 Å². The first kappa shape index (κ1) is 12.4. The number of aliphatic carboxylic acids is 1. The number of aliphatic hydroxyl groups is 1.